The van der Waals surface area contributed by atoms with Gasteiger partial charge < -0.3 is 24.5 Å². The number of benzene rings is 15. The van der Waals surface area contributed by atoms with Crippen LogP contribution in [0.15, 0.2) is 368 Å². The van der Waals surface area contributed by atoms with Gasteiger partial charge in [0.1, 0.15) is 5.82 Å². The van der Waals surface area contributed by atoms with Gasteiger partial charge in [-0.2, -0.15) is 0 Å². The summed E-state index contributed by atoms with van der Waals surface area (Å²) < 4.78 is 39.4. The molecule has 4 aliphatic heterocycles. The van der Waals surface area contributed by atoms with Crippen LogP contribution in [0.2, 0.25) is 0 Å². The highest BCUT2D eigenvalue weighted by Gasteiger charge is 2.50. The number of para-hydroxylation sites is 7. The summed E-state index contributed by atoms with van der Waals surface area (Å²) >= 11 is 1.47. The van der Waals surface area contributed by atoms with Crippen LogP contribution < -0.4 is 57.3 Å². The van der Waals surface area contributed by atoms with Crippen molar-refractivity contribution in [2.45, 2.75) is 9.79 Å². The molecule has 0 saturated heterocycles. The fourth-order valence-electron chi connectivity index (χ4n) is 15.9. The summed E-state index contributed by atoms with van der Waals surface area (Å²) in [6, 6.07) is 124. The van der Waals surface area contributed by atoms with E-state index in [4.69, 9.17) is 0 Å². The Kier molecular flexibility index (Phi) is 14.3. The van der Waals surface area contributed by atoms with Crippen molar-refractivity contribution in [1.82, 2.24) is 0 Å². The Morgan fingerprint density at radius 2 is 0.690 bits per heavy atom. The van der Waals surface area contributed by atoms with Gasteiger partial charge in [0.15, 0.2) is 5.82 Å². The first kappa shape index (κ1) is 58.9. The van der Waals surface area contributed by atoms with Crippen LogP contribution >= 0.6 is 11.8 Å². The molecule has 470 valence electrons. The normalized spacial score (nSPS) is 12.8. The van der Waals surface area contributed by atoms with Gasteiger partial charge >= 0.3 is 0 Å². The summed E-state index contributed by atoms with van der Waals surface area (Å²) in [6.45, 7) is -0.974. The van der Waals surface area contributed by atoms with E-state index in [0.29, 0.717) is 21.8 Å². The van der Waals surface area contributed by atoms with E-state index < -0.39 is 25.1 Å². The molecule has 15 aromatic rings. The molecule has 0 amide bonds. The van der Waals surface area contributed by atoms with Crippen LogP contribution in [0, 0.1) is 11.6 Å². The van der Waals surface area contributed by atoms with Gasteiger partial charge in [0.2, 0.25) is 6.71 Å². The zero-order chi connectivity index (χ0) is 66.4. The zero-order valence-electron chi connectivity index (χ0n) is 54.1. The van der Waals surface area contributed by atoms with Crippen LogP contribution in [0.3, 0.4) is 0 Å². The highest BCUT2D eigenvalue weighted by atomic mass is 32.2. The van der Waals surface area contributed by atoms with Crippen molar-refractivity contribution >= 4 is 143 Å². The van der Waals surface area contributed by atoms with Crippen molar-refractivity contribution < 1.29 is 8.78 Å². The summed E-state index contributed by atoms with van der Waals surface area (Å²) in [5, 5.41) is 0. The van der Waals surface area contributed by atoms with Crippen molar-refractivity contribution in [1.29, 1.82) is 0 Å². The Morgan fingerprint density at radius 3 is 1.27 bits per heavy atom. The predicted molar refractivity (Wildman–Crippen MR) is 416 cm³/mol. The molecule has 5 nitrogen and oxygen atoms in total. The number of nitrogens with zero attached hydrogens (tertiary/aromatic N) is 5. The van der Waals surface area contributed by atoms with Crippen LogP contribution in [0.4, 0.5) is 94.1 Å². The Morgan fingerprint density at radius 1 is 0.270 bits per heavy atom. The smallest absolute Gasteiger partial charge is 0.252 e. The lowest BCUT2D eigenvalue weighted by Crippen LogP contribution is -2.65. The Balaban J connectivity index is 0.905. The lowest BCUT2D eigenvalue weighted by atomic mass is 9.31. The fraction of sp³-hybridized carbons (Fsp3) is 0. The molecule has 0 aromatic heterocycles. The average molecular weight is 1300 g/mol. The number of fused-ring (bicyclic) bond motifs is 8. The van der Waals surface area contributed by atoms with E-state index in [2.05, 4.69) is 305 Å². The third-order valence-electron chi connectivity index (χ3n) is 20.1. The van der Waals surface area contributed by atoms with Gasteiger partial charge in [0.05, 0.1) is 17.1 Å². The molecular formula is C90H59B2F2N5S. The SMILES string of the molecule is Fc1cccc(-c2ccccc2)c1N1c2cc(N(c3ccccc3)c3ccccc3)cc3c2B(c2ccccc2N3c2ccccc2)c2cc3c(c(F)c21)Sc1cc(N(c2ccc(-c4ccccc4)cc2)c2cccc(-c4ccccc4)c2)cc2c1B3c1ccccc1N2c1ccccc1. The number of hydrogen-bond donors (Lipinski definition) is 0. The molecule has 0 unspecified atom stereocenters. The highest BCUT2D eigenvalue weighted by molar-refractivity contribution is 8.00. The third kappa shape index (κ3) is 9.69. The molecule has 0 fully saturated rings. The van der Waals surface area contributed by atoms with Gasteiger partial charge in [0, 0.05) is 83.6 Å². The van der Waals surface area contributed by atoms with Gasteiger partial charge in [0.25, 0.3) is 6.71 Å². The van der Waals surface area contributed by atoms with Crippen molar-refractivity contribution in [3.63, 3.8) is 0 Å². The van der Waals surface area contributed by atoms with Gasteiger partial charge in [-0.3, -0.25) is 0 Å². The Hall–Kier alpha value is -12.4. The van der Waals surface area contributed by atoms with E-state index in [1.54, 1.807) is 6.07 Å². The first-order valence-electron chi connectivity index (χ1n) is 33.9. The minimum absolute atomic E-state index is 0.252. The second-order valence-corrected chi connectivity index (χ2v) is 26.8. The molecule has 100 heavy (non-hydrogen) atoms. The molecule has 0 aliphatic carbocycles. The van der Waals surface area contributed by atoms with Crippen LogP contribution in [0.1, 0.15) is 0 Å². The van der Waals surface area contributed by atoms with E-state index in [0.717, 1.165) is 134 Å². The van der Waals surface area contributed by atoms with Crippen LogP contribution in [0.25, 0.3) is 33.4 Å². The quantitative estimate of drug-likeness (QED) is 0.113. The molecule has 0 saturated carbocycles. The third-order valence-corrected chi connectivity index (χ3v) is 21.3. The van der Waals surface area contributed by atoms with E-state index in [-0.39, 0.29) is 5.69 Å². The summed E-state index contributed by atoms with van der Waals surface area (Å²) in [5.41, 5.74) is 24.1. The first-order chi connectivity index (χ1) is 49.5. The Labute approximate surface area is 585 Å². The summed E-state index contributed by atoms with van der Waals surface area (Å²) in [4.78, 5) is 12.7. The maximum Gasteiger partial charge on any atom is 0.252 e. The lowest BCUT2D eigenvalue weighted by Gasteiger charge is -2.46. The van der Waals surface area contributed by atoms with Crippen molar-refractivity contribution in [3.8, 4) is 33.4 Å². The first-order valence-corrected chi connectivity index (χ1v) is 34.7. The van der Waals surface area contributed by atoms with Crippen LogP contribution in [-0.4, -0.2) is 13.4 Å². The molecule has 10 heteroatoms. The largest absolute Gasteiger partial charge is 0.311 e. The summed E-state index contributed by atoms with van der Waals surface area (Å²) in [5.74, 6) is -0.906. The molecule has 0 atom stereocenters. The van der Waals surface area contributed by atoms with Gasteiger partial charge in [-0.05, 0) is 170 Å². The van der Waals surface area contributed by atoms with Gasteiger partial charge in [-0.25, -0.2) is 8.78 Å². The predicted octanol–water partition coefficient (Wildman–Crippen LogP) is 20.8. The Bertz CT molecular complexity index is 5610. The van der Waals surface area contributed by atoms with E-state index >= 15 is 8.78 Å². The van der Waals surface area contributed by atoms with Crippen molar-refractivity contribution in [2.24, 2.45) is 0 Å². The molecule has 0 N–H and O–H groups in total. The van der Waals surface area contributed by atoms with Crippen LogP contribution in [-0.2, 0) is 0 Å². The standard InChI is InChI=1S/C90H59B2F2N5S/c93-78-47-27-44-73(63-32-12-3-13-33-63)88(78)99-82-56-71(95(65-35-14-4-15-36-65)66-37-16-5-17-38-66)55-81-85(82)91(74-45-22-24-48-79(74)97(81)67-39-18-6-19-40-67)76-59-77-90(87(94)89(76)99)100-84-58-72(57-83-86(84)92(77)75-46-23-25-49-80(75)98(83)68-41-20-7-21-42-68)96(69-52-50-62(51-53-69)60-28-8-1-9-29-60)70-43-26-34-64(54-70)61-30-10-2-11-31-61/h1-59H. The fourth-order valence-corrected chi connectivity index (χ4v) is 17.1. The molecular weight excluding hydrogens is 1240 g/mol. The molecule has 0 radical (unpaired) electrons. The number of halogens is 2. The van der Waals surface area contributed by atoms with Crippen molar-refractivity contribution in [3.05, 3.63) is 370 Å². The summed E-state index contributed by atoms with van der Waals surface area (Å²) in [7, 11) is 0. The van der Waals surface area contributed by atoms with Crippen molar-refractivity contribution in [2.75, 3.05) is 24.5 Å². The van der Waals surface area contributed by atoms with E-state index in [1.807, 2.05) is 65.6 Å². The number of anilines is 15. The maximum atomic E-state index is 20.9. The van der Waals surface area contributed by atoms with E-state index in [9.17, 15) is 0 Å². The maximum absolute atomic E-state index is 20.9. The van der Waals surface area contributed by atoms with E-state index in [1.165, 1.54) is 17.8 Å². The minimum Gasteiger partial charge on any atom is -0.311 e. The number of hydrogen-bond acceptors (Lipinski definition) is 6. The van der Waals surface area contributed by atoms with Gasteiger partial charge in [-0.1, -0.05) is 260 Å². The zero-order valence-corrected chi connectivity index (χ0v) is 54.9. The second-order valence-electron chi connectivity index (χ2n) is 25.8. The number of rotatable bonds is 12. The molecule has 0 spiro atoms. The summed E-state index contributed by atoms with van der Waals surface area (Å²) in [6.07, 6.45) is 0. The monoisotopic (exact) mass is 1300 g/mol. The topological polar surface area (TPSA) is 16.2 Å². The lowest BCUT2D eigenvalue weighted by molar-refractivity contribution is 0.603. The average Bonchev–Trinajstić information content (AvgIpc) is 0.683. The van der Waals surface area contributed by atoms with Gasteiger partial charge in [-0.15, -0.1) is 0 Å². The van der Waals surface area contributed by atoms with Crippen LogP contribution in [0.5, 0.6) is 0 Å². The molecule has 0 bridgehead atoms. The second kappa shape index (κ2) is 24.3. The molecule has 4 aliphatic rings. The molecule has 4 heterocycles. The molecule has 19 rings (SSSR count). The minimum atomic E-state index is -0.531. The highest BCUT2D eigenvalue weighted by Crippen LogP contribution is 2.54. The molecule has 15 aromatic carbocycles.